The van der Waals surface area contributed by atoms with Gasteiger partial charge in [0.15, 0.2) is 0 Å². The van der Waals surface area contributed by atoms with Crippen LogP contribution in [0.2, 0.25) is 0 Å². The number of carboxylic acid groups (broad SMARTS) is 1. The van der Waals surface area contributed by atoms with E-state index in [1.165, 1.54) is 31.3 Å². The molecule has 63 heavy (non-hydrogen) atoms. The van der Waals surface area contributed by atoms with Gasteiger partial charge in [0.25, 0.3) is 11.8 Å². The first kappa shape index (κ1) is 43.6. The molecule has 9 rings (SSSR count). The number of anilines is 3. The molecule has 3 aliphatic rings. The normalized spacial score (nSPS) is 17.5. The molecule has 2 amide bonds. The Hall–Kier alpha value is -4.69. The monoisotopic (exact) mass is 992 g/mol. The Morgan fingerprint density at radius 3 is 1.41 bits per heavy atom. The average Bonchev–Trinajstić information content (AvgIpc) is 4.15. The highest BCUT2D eigenvalue weighted by molar-refractivity contribution is 8.27. The maximum atomic E-state index is 12.9. The van der Waals surface area contributed by atoms with Gasteiger partial charge >= 0.3 is 5.97 Å². The second kappa shape index (κ2) is 18.4. The Morgan fingerprint density at radius 1 is 0.587 bits per heavy atom. The minimum Gasteiger partial charge on any atom is -0.480 e. The molecule has 3 aromatic carbocycles. The van der Waals surface area contributed by atoms with Gasteiger partial charge in [-0.15, -0.1) is 34.0 Å². The second-order valence-corrected chi connectivity index (χ2v) is 22.8. The standard InChI is InChI=1S/C46H32N4O4S9/c1-47-24-35(61-44(47)55)21-32-15-18-36(58-32)26-3-9-29(10-4-26)50(30-11-5-27(6-12-30)37-19-16-33(59-37)22-39-42(53)48(2)45(56)62-39)31-13-7-28(8-14-31)38-20-17-34(60-38)23-40-43(54)49(25-41(51)52)46(57)63-40/h3-23H,24-25H2,1-2H3,(H,51,52)/b35-21+,39-22-,40-23+. The zero-order chi connectivity index (χ0) is 43.9. The Balaban J connectivity index is 0.988. The summed E-state index contributed by atoms with van der Waals surface area (Å²) in [6, 6.07) is 38.0. The van der Waals surface area contributed by atoms with Gasteiger partial charge in [0, 0.05) is 65.3 Å². The number of rotatable bonds is 11. The van der Waals surface area contributed by atoms with Gasteiger partial charge in [-0.05, 0) is 108 Å². The maximum absolute atomic E-state index is 12.9. The molecule has 3 fully saturated rings. The Kier molecular flexibility index (Phi) is 12.7. The van der Waals surface area contributed by atoms with Gasteiger partial charge in [0.1, 0.15) is 19.5 Å². The molecule has 17 heteroatoms. The van der Waals surface area contributed by atoms with Crippen LogP contribution in [-0.2, 0) is 14.4 Å². The zero-order valence-corrected chi connectivity index (χ0v) is 40.5. The predicted molar refractivity (Wildman–Crippen MR) is 280 cm³/mol. The van der Waals surface area contributed by atoms with Gasteiger partial charge < -0.3 is 14.9 Å². The highest BCUT2D eigenvalue weighted by atomic mass is 32.2. The molecular weight excluding hydrogens is 961 g/mol. The number of thiocarbonyl (C=S) groups is 3. The summed E-state index contributed by atoms with van der Waals surface area (Å²) in [6.45, 7) is 0.383. The number of carbonyl (C=O) groups excluding carboxylic acids is 2. The summed E-state index contributed by atoms with van der Waals surface area (Å²) in [7, 11) is 3.73. The van der Waals surface area contributed by atoms with Crippen molar-refractivity contribution in [2.75, 3.05) is 32.1 Å². The highest BCUT2D eigenvalue weighted by Crippen LogP contribution is 2.42. The minimum atomic E-state index is -1.11. The number of carboxylic acids is 1. The highest BCUT2D eigenvalue weighted by Gasteiger charge is 2.33. The first-order chi connectivity index (χ1) is 30.4. The molecular formula is C46H32N4O4S9. The third-order valence-corrected chi connectivity index (χ3v) is 17.7. The van der Waals surface area contributed by atoms with Crippen LogP contribution in [0.5, 0.6) is 0 Å². The molecule has 3 aliphatic heterocycles. The maximum Gasteiger partial charge on any atom is 0.323 e. The van der Waals surface area contributed by atoms with Crippen molar-refractivity contribution in [2.45, 2.75) is 0 Å². The van der Waals surface area contributed by atoms with Gasteiger partial charge in [0.2, 0.25) is 0 Å². The summed E-state index contributed by atoms with van der Waals surface area (Å²) in [5.41, 5.74) is 6.20. The van der Waals surface area contributed by atoms with Gasteiger partial charge in [-0.25, -0.2) is 0 Å². The third-order valence-electron chi connectivity index (χ3n) is 10.0. The fourth-order valence-electron chi connectivity index (χ4n) is 6.86. The van der Waals surface area contributed by atoms with Crippen LogP contribution < -0.4 is 4.90 Å². The van der Waals surface area contributed by atoms with Crippen LogP contribution in [-0.4, -0.2) is 77.7 Å². The van der Waals surface area contributed by atoms with E-state index < -0.39 is 18.4 Å². The van der Waals surface area contributed by atoms with E-state index in [4.69, 9.17) is 36.7 Å². The topological polar surface area (TPSA) is 84.4 Å². The van der Waals surface area contributed by atoms with Crippen molar-refractivity contribution in [3.05, 3.63) is 139 Å². The quantitative estimate of drug-likeness (QED) is 0.0991. The van der Waals surface area contributed by atoms with Gasteiger partial charge in [0.05, 0.1) is 16.4 Å². The molecule has 0 aliphatic carbocycles. The van der Waals surface area contributed by atoms with Crippen molar-refractivity contribution >= 4 is 172 Å². The number of aliphatic carboxylic acids is 1. The SMILES string of the molecule is CN1C/C(=C\c2ccc(-c3ccc(N(c4ccc(-c5ccc(/C=C6\SC(=S)N(C)C6=O)s5)cc4)c4ccc(-c5ccc(/C=C6/SC(=S)N(CC(=O)O)C6=O)s5)cc4)cc3)s2)SC1=S. The molecule has 0 unspecified atom stereocenters. The Labute approximate surface area is 404 Å². The van der Waals surface area contributed by atoms with Crippen LogP contribution in [0.3, 0.4) is 0 Å². The molecule has 6 aromatic rings. The van der Waals surface area contributed by atoms with E-state index in [1.807, 2.05) is 31.3 Å². The van der Waals surface area contributed by atoms with Gasteiger partial charge in [-0.2, -0.15) is 0 Å². The largest absolute Gasteiger partial charge is 0.480 e. The van der Waals surface area contributed by atoms with Gasteiger partial charge in [-0.3, -0.25) is 24.2 Å². The van der Waals surface area contributed by atoms with E-state index in [1.54, 1.807) is 58.9 Å². The summed E-state index contributed by atoms with van der Waals surface area (Å²) in [4.78, 5) is 52.3. The lowest BCUT2D eigenvalue weighted by atomic mass is 10.1. The zero-order valence-electron chi connectivity index (χ0n) is 33.2. The van der Waals surface area contributed by atoms with Crippen LogP contribution in [0.1, 0.15) is 14.6 Å². The molecule has 8 nitrogen and oxygen atoms in total. The van der Waals surface area contributed by atoms with Crippen LogP contribution in [0.15, 0.2) is 124 Å². The second-order valence-electron chi connectivity index (χ2n) is 14.3. The number of carbonyl (C=O) groups is 3. The van der Waals surface area contributed by atoms with Crippen LogP contribution >= 0.6 is 106 Å². The number of benzene rings is 3. The number of likely N-dealkylation sites (N-methyl/N-ethyl adjacent to an activating group) is 2. The molecule has 314 valence electrons. The summed E-state index contributed by atoms with van der Waals surface area (Å²) in [6.07, 6.45) is 5.91. The average molecular weight is 993 g/mol. The Morgan fingerprint density at radius 2 is 1.02 bits per heavy atom. The van der Waals surface area contributed by atoms with E-state index in [0.717, 1.165) is 80.8 Å². The molecule has 0 saturated carbocycles. The van der Waals surface area contributed by atoms with Crippen molar-refractivity contribution in [2.24, 2.45) is 0 Å². The minimum absolute atomic E-state index is 0.0764. The van der Waals surface area contributed by atoms with Crippen molar-refractivity contribution in [1.82, 2.24) is 14.7 Å². The third kappa shape index (κ3) is 9.44. The number of amides is 2. The van der Waals surface area contributed by atoms with E-state index in [0.29, 0.717) is 14.1 Å². The first-order valence-electron chi connectivity index (χ1n) is 19.1. The number of hydrogen-bond acceptors (Lipinski definition) is 13. The Bertz CT molecular complexity index is 2940. The van der Waals surface area contributed by atoms with E-state index in [9.17, 15) is 19.5 Å². The van der Waals surface area contributed by atoms with Crippen LogP contribution in [0.25, 0.3) is 49.5 Å². The van der Waals surface area contributed by atoms with Crippen molar-refractivity contribution in [1.29, 1.82) is 0 Å². The van der Waals surface area contributed by atoms with Crippen LogP contribution in [0.4, 0.5) is 17.1 Å². The molecule has 0 atom stereocenters. The summed E-state index contributed by atoms with van der Waals surface area (Å²) < 4.78 is 1.70. The molecule has 6 heterocycles. The van der Waals surface area contributed by atoms with Crippen molar-refractivity contribution in [3.8, 4) is 31.3 Å². The lowest BCUT2D eigenvalue weighted by molar-refractivity contribution is -0.140. The number of nitrogens with zero attached hydrogens (tertiary/aromatic N) is 4. The lowest BCUT2D eigenvalue weighted by Gasteiger charge is -2.26. The molecule has 3 saturated heterocycles. The van der Waals surface area contributed by atoms with E-state index in [-0.39, 0.29) is 10.2 Å². The molecule has 1 N–H and O–H groups in total. The van der Waals surface area contributed by atoms with E-state index >= 15 is 0 Å². The van der Waals surface area contributed by atoms with Crippen molar-refractivity contribution < 1.29 is 19.5 Å². The van der Waals surface area contributed by atoms with Crippen molar-refractivity contribution in [3.63, 3.8) is 0 Å². The fraction of sp³-hybridized carbons (Fsp3) is 0.0870. The molecule has 0 radical (unpaired) electrons. The number of thioether (sulfide) groups is 3. The molecule has 3 aromatic heterocycles. The van der Waals surface area contributed by atoms with E-state index in [2.05, 4.69) is 107 Å². The summed E-state index contributed by atoms with van der Waals surface area (Å²) >= 11 is 25.1. The lowest BCUT2D eigenvalue weighted by Crippen LogP contribution is -2.33. The summed E-state index contributed by atoms with van der Waals surface area (Å²) in [5.74, 6) is -1.58. The smallest absolute Gasteiger partial charge is 0.323 e. The molecule has 0 spiro atoms. The van der Waals surface area contributed by atoms with Gasteiger partial charge in [-0.1, -0.05) is 108 Å². The predicted octanol–water partition coefficient (Wildman–Crippen LogP) is 12.8. The number of thiophene rings is 3. The fourth-order valence-corrected chi connectivity index (χ4v) is 13.7. The summed E-state index contributed by atoms with van der Waals surface area (Å²) in [5, 5.41) is 9.21. The first-order valence-corrected chi connectivity index (χ1v) is 25.2. The van der Waals surface area contributed by atoms with Crippen LogP contribution in [0, 0.1) is 0 Å². The number of hydrogen-bond donors (Lipinski definition) is 1. The molecule has 0 bridgehead atoms.